The molecule has 0 aromatic carbocycles. The first-order chi connectivity index (χ1) is 12.5. The van der Waals surface area contributed by atoms with Crippen molar-refractivity contribution in [3.63, 3.8) is 0 Å². The summed E-state index contributed by atoms with van der Waals surface area (Å²) in [4.78, 5) is 21.6. The van der Waals surface area contributed by atoms with Gasteiger partial charge in [0.05, 0.1) is 6.20 Å². The molecule has 26 heavy (non-hydrogen) atoms. The quantitative estimate of drug-likeness (QED) is 0.827. The van der Waals surface area contributed by atoms with Crippen molar-refractivity contribution < 1.29 is 4.79 Å². The van der Waals surface area contributed by atoms with E-state index in [1.165, 1.54) is 0 Å². The molecule has 1 amide bonds. The lowest BCUT2D eigenvalue weighted by molar-refractivity contribution is -0.132. The fourth-order valence-electron chi connectivity index (χ4n) is 3.59. The minimum absolute atomic E-state index is 0.206. The smallest absolute Gasteiger partial charge is 0.222 e. The van der Waals surface area contributed by atoms with E-state index < -0.39 is 0 Å². The highest BCUT2D eigenvalue weighted by Crippen LogP contribution is 2.21. The largest absolute Gasteiger partial charge is 0.355 e. The molecule has 2 aromatic heterocycles. The number of rotatable bonds is 5. The van der Waals surface area contributed by atoms with Gasteiger partial charge in [0.2, 0.25) is 5.91 Å². The van der Waals surface area contributed by atoms with Gasteiger partial charge in [-0.2, -0.15) is 5.10 Å². The van der Waals surface area contributed by atoms with Crippen LogP contribution in [0.1, 0.15) is 36.2 Å². The SMILES string of the molecule is Cc1cccc(N2CCC[C@H](N(C)C(=O)CCc3cnn(C)c3C)C2)n1. The first-order valence-corrected chi connectivity index (χ1v) is 9.37. The summed E-state index contributed by atoms with van der Waals surface area (Å²) >= 11 is 0. The second kappa shape index (κ2) is 7.89. The van der Waals surface area contributed by atoms with Crippen molar-refractivity contribution in [2.75, 3.05) is 25.0 Å². The van der Waals surface area contributed by atoms with Gasteiger partial charge in [0.15, 0.2) is 0 Å². The van der Waals surface area contributed by atoms with Gasteiger partial charge in [0, 0.05) is 51.0 Å². The molecule has 0 N–H and O–H groups in total. The molecule has 1 aliphatic heterocycles. The number of carbonyl (C=O) groups is 1. The number of aryl methyl sites for hydroxylation is 3. The normalized spacial score (nSPS) is 17.4. The number of amides is 1. The molecule has 6 heteroatoms. The van der Waals surface area contributed by atoms with E-state index in [0.717, 1.165) is 55.1 Å². The molecule has 2 aromatic rings. The van der Waals surface area contributed by atoms with Crippen molar-refractivity contribution >= 4 is 11.7 Å². The summed E-state index contributed by atoms with van der Waals surface area (Å²) in [5.41, 5.74) is 3.32. The number of piperidine rings is 1. The van der Waals surface area contributed by atoms with E-state index in [2.05, 4.69) is 21.0 Å². The monoisotopic (exact) mass is 355 g/mol. The van der Waals surface area contributed by atoms with Crippen LogP contribution in [0, 0.1) is 13.8 Å². The van der Waals surface area contributed by atoms with Gasteiger partial charge < -0.3 is 9.80 Å². The Kier molecular flexibility index (Phi) is 5.59. The zero-order valence-corrected chi connectivity index (χ0v) is 16.3. The average Bonchev–Trinajstić information content (AvgIpc) is 2.97. The second-order valence-corrected chi connectivity index (χ2v) is 7.26. The summed E-state index contributed by atoms with van der Waals surface area (Å²) in [5, 5.41) is 4.26. The van der Waals surface area contributed by atoms with Crippen LogP contribution in [-0.4, -0.2) is 51.8 Å². The Balaban J connectivity index is 1.58. The highest BCUT2D eigenvalue weighted by molar-refractivity contribution is 5.76. The number of aromatic nitrogens is 3. The zero-order valence-electron chi connectivity index (χ0n) is 16.3. The maximum atomic E-state index is 12.7. The van der Waals surface area contributed by atoms with Crippen molar-refractivity contribution in [1.82, 2.24) is 19.7 Å². The molecular weight excluding hydrogens is 326 g/mol. The minimum Gasteiger partial charge on any atom is -0.355 e. The van der Waals surface area contributed by atoms with Crippen LogP contribution in [0.25, 0.3) is 0 Å². The molecule has 6 nitrogen and oxygen atoms in total. The molecule has 0 radical (unpaired) electrons. The van der Waals surface area contributed by atoms with E-state index in [4.69, 9.17) is 0 Å². The summed E-state index contributed by atoms with van der Waals surface area (Å²) in [6, 6.07) is 6.36. The topological polar surface area (TPSA) is 54.3 Å². The van der Waals surface area contributed by atoms with Crippen molar-refractivity contribution in [3.8, 4) is 0 Å². The summed E-state index contributed by atoms with van der Waals surface area (Å²) < 4.78 is 1.86. The van der Waals surface area contributed by atoms with Crippen LogP contribution in [0.3, 0.4) is 0 Å². The van der Waals surface area contributed by atoms with Crippen molar-refractivity contribution in [2.24, 2.45) is 7.05 Å². The lowest BCUT2D eigenvalue weighted by atomic mass is 10.0. The van der Waals surface area contributed by atoms with Crippen LogP contribution >= 0.6 is 0 Å². The number of nitrogens with zero attached hydrogens (tertiary/aromatic N) is 5. The van der Waals surface area contributed by atoms with Gasteiger partial charge in [0.25, 0.3) is 0 Å². The Labute approximate surface area is 155 Å². The predicted octanol–water partition coefficient (Wildman–Crippen LogP) is 2.49. The Hall–Kier alpha value is -2.37. The van der Waals surface area contributed by atoms with Crippen LogP contribution in [0.2, 0.25) is 0 Å². The molecule has 1 saturated heterocycles. The Bertz CT molecular complexity index is 769. The summed E-state index contributed by atoms with van der Waals surface area (Å²) in [7, 11) is 3.87. The van der Waals surface area contributed by atoms with Crippen molar-refractivity contribution in [3.05, 3.63) is 41.3 Å². The van der Waals surface area contributed by atoms with Crippen molar-refractivity contribution in [2.45, 2.75) is 45.6 Å². The fourth-order valence-corrected chi connectivity index (χ4v) is 3.59. The van der Waals surface area contributed by atoms with Gasteiger partial charge in [-0.15, -0.1) is 0 Å². The highest BCUT2D eigenvalue weighted by atomic mass is 16.2. The number of anilines is 1. The highest BCUT2D eigenvalue weighted by Gasteiger charge is 2.26. The number of hydrogen-bond donors (Lipinski definition) is 0. The molecule has 3 heterocycles. The molecule has 140 valence electrons. The minimum atomic E-state index is 0.206. The summed E-state index contributed by atoms with van der Waals surface area (Å²) in [5.74, 6) is 1.22. The van der Waals surface area contributed by atoms with E-state index in [1.54, 1.807) is 0 Å². The lowest BCUT2D eigenvalue weighted by Gasteiger charge is -2.38. The molecular formula is C20H29N5O. The molecule has 0 unspecified atom stereocenters. The summed E-state index contributed by atoms with van der Waals surface area (Å²) in [6.45, 7) is 5.92. The van der Waals surface area contributed by atoms with E-state index in [1.807, 2.05) is 55.9 Å². The molecule has 0 aliphatic carbocycles. The van der Waals surface area contributed by atoms with E-state index in [0.29, 0.717) is 6.42 Å². The van der Waals surface area contributed by atoms with E-state index in [9.17, 15) is 4.79 Å². The Morgan fingerprint density at radius 1 is 1.35 bits per heavy atom. The van der Waals surface area contributed by atoms with Crippen LogP contribution in [0.15, 0.2) is 24.4 Å². The average molecular weight is 355 g/mol. The second-order valence-electron chi connectivity index (χ2n) is 7.26. The Morgan fingerprint density at radius 3 is 2.85 bits per heavy atom. The van der Waals surface area contributed by atoms with Crippen LogP contribution in [0.4, 0.5) is 5.82 Å². The van der Waals surface area contributed by atoms with Gasteiger partial charge in [0.1, 0.15) is 5.82 Å². The van der Waals surface area contributed by atoms with Gasteiger partial charge in [-0.25, -0.2) is 4.98 Å². The molecule has 0 spiro atoms. The van der Waals surface area contributed by atoms with E-state index >= 15 is 0 Å². The Morgan fingerprint density at radius 2 is 2.15 bits per heavy atom. The predicted molar refractivity (Wildman–Crippen MR) is 103 cm³/mol. The molecule has 1 fully saturated rings. The third-order valence-electron chi connectivity index (χ3n) is 5.48. The van der Waals surface area contributed by atoms with E-state index in [-0.39, 0.29) is 11.9 Å². The molecule has 0 bridgehead atoms. The maximum Gasteiger partial charge on any atom is 0.222 e. The molecule has 0 saturated carbocycles. The third kappa shape index (κ3) is 4.06. The van der Waals surface area contributed by atoms with Crippen LogP contribution < -0.4 is 4.90 Å². The standard InChI is InChI=1S/C20H29N5O/c1-15-7-5-9-19(22-15)25-12-6-8-18(14-25)23(3)20(26)11-10-17-13-21-24(4)16(17)2/h5,7,9,13,18H,6,8,10-12,14H2,1-4H3/t18-/m0/s1. The molecule has 1 atom stereocenters. The molecule has 1 aliphatic rings. The first-order valence-electron chi connectivity index (χ1n) is 9.37. The first kappa shape index (κ1) is 18.4. The number of carbonyl (C=O) groups excluding carboxylic acids is 1. The van der Waals surface area contributed by atoms with Gasteiger partial charge in [-0.3, -0.25) is 9.48 Å². The lowest BCUT2D eigenvalue weighted by Crippen LogP contribution is -2.49. The number of likely N-dealkylation sites (N-methyl/N-ethyl adjacent to an activating group) is 1. The van der Waals surface area contributed by atoms with Crippen LogP contribution in [-0.2, 0) is 18.3 Å². The fraction of sp³-hybridized carbons (Fsp3) is 0.550. The van der Waals surface area contributed by atoms with Gasteiger partial charge in [-0.05, 0) is 50.8 Å². The number of hydrogen-bond acceptors (Lipinski definition) is 4. The van der Waals surface area contributed by atoms with Crippen molar-refractivity contribution in [1.29, 1.82) is 0 Å². The summed E-state index contributed by atoms with van der Waals surface area (Å²) in [6.07, 6.45) is 5.28. The molecule has 3 rings (SSSR count). The third-order valence-corrected chi connectivity index (χ3v) is 5.48. The van der Waals surface area contributed by atoms with Gasteiger partial charge >= 0.3 is 0 Å². The van der Waals surface area contributed by atoms with Gasteiger partial charge in [-0.1, -0.05) is 6.07 Å². The zero-order chi connectivity index (χ0) is 18.7. The maximum absolute atomic E-state index is 12.7. The number of pyridine rings is 1. The van der Waals surface area contributed by atoms with Crippen LogP contribution in [0.5, 0.6) is 0 Å².